The van der Waals surface area contributed by atoms with Gasteiger partial charge in [0, 0.05) is 22.7 Å². The summed E-state index contributed by atoms with van der Waals surface area (Å²) in [7, 11) is 0. The lowest BCUT2D eigenvalue weighted by molar-refractivity contribution is -0.276. The highest BCUT2D eigenvalue weighted by Gasteiger charge is 2.38. The molecule has 2 heterocycles. The lowest BCUT2D eigenvalue weighted by Gasteiger charge is -2.41. The van der Waals surface area contributed by atoms with Crippen LogP contribution in [0.1, 0.15) is 46.4 Å². The number of nitrogens with zero attached hydrogens (tertiary/aromatic N) is 2. The number of anilines is 1. The number of aliphatic hydroxyl groups excluding tert-OH is 1. The van der Waals surface area contributed by atoms with Crippen LogP contribution in [0.25, 0.3) is 11.0 Å². The third-order valence-electron chi connectivity index (χ3n) is 7.48. The van der Waals surface area contributed by atoms with Crippen LogP contribution in [0.3, 0.4) is 0 Å². The van der Waals surface area contributed by atoms with Crippen LogP contribution in [-0.2, 0) is 22.6 Å². The van der Waals surface area contributed by atoms with Gasteiger partial charge in [0.2, 0.25) is 0 Å². The van der Waals surface area contributed by atoms with Crippen molar-refractivity contribution in [1.29, 1.82) is 0 Å². The molecular weight excluding hydrogens is 502 g/mol. The molecule has 1 aliphatic rings. The number of hydrogen-bond acceptors (Lipinski definition) is 5. The van der Waals surface area contributed by atoms with E-state index in [2.05, 4.69) is 27.9 Å². The number of para-hydroxylation sites is 2. The van der Waals surface area contributed by atoms with Gasteiger partial charge in [-0.25, -0.2) is 4.98 Å². The van der Waals surface area contributed by atoms with Crippen molar-refractivity contribution in [3.63, 3.8) is 0 Å². The second-order valence-corrected chi connectivity index (χ2v) is 10.2. The van der Waals surface area contributed by atoms with Crippen molar-refractivity contribution in [1.82, 2.24) is 9.55 Å². The number of nitrogens with one attached hydrogen (secondary N) is 1. The summed E-state index contributed by atoms with van der Waals surface area (Å²) in [4.78, 5) is 17.3. The Morgan fingerprint density at radius 3 is 2.48 bits per heavy atom. The lowest BCUT2D eigenvalue weighted by Crippen LogP contribution is -2.39. The summed E-state index contributed by atoms with van der Waals surface area (Å²) in [5.74, 6) is -0.151. The minimum absolute atomic E-state index is 0.00901. The summed E-state index contributed by atoms with van der Waals surface area (Å²) in [5, 5.41) is 12.5. The van der Waals surface area contributed by atoms with Gasteiger partial charge in [0.05, 0.1) is 42.7 Å². The number of benzene rings is 4. The summed E-state index contributed by atoms with van der Waals surface area (Å²) in [6, 6.07) is 32.7. The lowest BCUT2D eigenvalue weighted by atomic mass is 9.90. The molecule has 1 aromatic heterocycles. The molecule has 40 heavy (non-hydrogen) atoms. The van der Waals surface area contributed by atoms with Crippen LogP contribution < -0.4 is 5.32 Å². The molecule has 6 rings (SSSR count). The van der Waals surface area contributed by atoms with Crippen molar-refractivity contribution in [3.8, 4) is 0 Å². The molecule has 1 amide bonds. The molecule has 1 saturated heterocycles. The van der Waals surface area contributed by atoms with E-state index in [-0.39, 0.29) is 30.6 Å². The van der Waals surface area contributed by atoms with Gasteiger partial charge in [-0.1, -0.05) is 73.7 Å². The predicted octanol–water partition coefficient (Wildman–Crippen LogP) is 6.27. The molecule has 2 N–H and O–H groups in total. The van der Waals surface area contributed by atoms with Crippen molar-refractivity contribution >= 4 is 22.6 Å². The number of hydrogen-bond donors (Lipinski definition) is 2. The Hall–Kier alpha value is -4.30. The fourth-order valence-corrected chi connectivity index (χ4v) is 5.23. The highest BCUT2D eigenvalue weighted by Crippen LogP contribution is 2.42. The molecule has 5 aromatic rings. The van der Waals surface area contributed by atoms with E-state index < -0.39 is 6.29 Å². The summed E-state index contributed by atoms with van der Waals surface area (Å²) in [6.45, 7) is 2.74. The van der Waals surface area contributed by atoms with Gasteiger partial charge in [-0.05, 0) is 47.5 Å². The van der Waals surface area contributed by atoms with Crippen LogP contribution in [0.5, 0.6) is 0 Å². The molecule has 4 aromatic carbocycles. The first-order valence-electron chi connectivity index (χ1n) is 13.5. The monoisotopic (exact) mass is 533 g/mol. The van der Waals surface area contributed by atoms with E-state index in [0.717, 1.165) is 27.7 Å². The highest BCUT2D eigenvalue weighted by atomic mass is 16.7. The molecule has 7 heteroatoms. The van der Waals surface area contributed by atoms with Crippen molar-refractivity contribution in [3.05, 3.63) is 132 Å². The molecule has 0 unspecified atom stereocenters. The first-order valence-corrected chi connectivity index (χ1v) is 13.5. The molecule has 0 aliphatic carbocycles. The number of fused-ring (bicyclic) bond motifs is 1. The van der Waals surface area contributed by atoms with E-state index in [9.17, 15) is 9.90 Å². The Kier molecular flexibility index (Phi) is 7.42. The molecule has 0 spiro atoms. The molecule has 202 valence electrons. The van der Waals surface area contributed by atoms with Gasteiger partial charge in [-0.15, -0.1) is 0 Å². The first-order chi connectivity index (χ1) is 19.6. The summed E-state index contributed by atoms with van der Waals surface area (Å²) < 4.78 is 15.4. The topological polar surface area (TPSA) is 85.6 Å². The SMILES string of the molecule is C[C@H]1[C@@H](Cn2cnc3ccccc32)O[C@@H](c2cccc(NC(=O)c3ccccc3)c2)O[C@H]1c1ccc(CO)cc1. The van der Waals surface area contributed by atoms with Crippen LogP contribution >= 0.6 is 0 Å². The molecule has 4 atom stereocenters. The van der Waals surface area contributed by atoms with Gasteiger partial charge < -0.3 is 24.5 Å². The predicted molar refractivity (Wildman–Crippen MR) is 154 cm³/mol. The number of ether oxygens (including phenoxy) is 2. The van der Waals surface area contributed by atoms with Crippen LogP contribution in [-0.4, -0.2) is 26.7 Å². The van der Waals surface area contributed by atoms with Crippen molar-refractivity contribution < 1.29 is 19.4 Å². The zero-order valence-corrected chi connectivity index (χ0v) is 22.2. The van der Waals surface area contributed by atoms with Crippen LogP contribution in [0.2, 0.25) is 0 Å². The number of rotatable bonds is 7. The largest absolute Gasteiger partial charge is 0.392 e. The van der Waals surface area contributed by atoms with E-state index in [1.807, 2.05) is 91.3 Å². The maximum Gasteiger partial charge on any atom is 0.255 e. The van der Waals surface area contributed by atoms with E-state index in [4.69, 9.17) is 9.47 Å². The van der Waals surface area contributed by atoms with Gasteiger partial charge in [-0.3, -0.25) is 4.79 Å². The molecule has 1 aliphatic heterocycles. The zero-order valence-electron chi connectivity index (χ0n) is 22.2. The van der Waals surface area contributed by atoms with Crippen molar-refractivity contribution in [2.24, 2.45) is 5.92 Å². The molecule has 0 radical (unpaired) electrons. The van der Waals surface area contributed by atoms with Crippen molar-refractivity contribution in [2.45, 2.75) is 38.6 Å². The van der Waals surface area contributed by atoms with Crippen LogP contribution in [0.15, 0.2) is 109 Å². The number of carbonyl (C=O) groups excluding carboxylic acids is 1. The number of aromatic nitrogens is 2. The summed E-state index contributed by atoms with van der Waals surface area (Å²) in [5.41, 5.74) is 5.93. The summed E-state index contributed by atoms with van der Waals surface area (Å²) in [6.07, 6.45) is 0.790. The highest BCUT2D eigenvalue weighted by molar-refractivity contribution is 6.04. The molecule has 1 fully saturated rings. The number of carbonyl (C=O) groups is 1. The fourth-order valence-electron chi connectivity index (χ4n) is 5.23. The molecule has 7 nitrogen and oxygen atoms in total. The van der Waals surface area contributed by atoms with Gasteiger partial charge >= 0.3 is 0 Å². The molecular formula is C33H31N3O4. The third kappa shape index (κ3) is 5.40. The Bertz CT molecular complexity index is 1600. The van der Waals surface area contributed by atoms with E-state index in [1.165, 1.54) is 0 Å². The normalized spacial score (nSPS) is 20.9. The second kappa shape index (κ2) is 11.4. The van der Waals surface area contributed by atoms with Crippen LogP contribution in [0.4, 0.5) is 5.69 Å². The Labute approximate surface area is 233 Å². The quantitative estimate of drug-likeness (QED) is 0.257. The molecule has 0 bridgehead atoms. The minimum atomic E-state index is -0.646. The Morgan fingerprint density at radius 1 is 0.900 bits per heavy atom. The maximum atomic E-state index is 12.8. The fraction of sp³-hybridized carbons (Fsp3) is 0.212. The van der Waals surface area contributed by atoms with E-state index in [1.54, 1.807) is 12.1 Å². The smallest absolute Gasteiger partial charge is 0.255 e. The number of aliphatic hydroxyl groups is 1. The van der Waals surface area contributed by atoms with E-state index >= 15 is 0 Å². The van der Waals surface area contributed by atoms with Crippen LogP contribution in [0, 0.1) is 5.92 Å². The second-order valence-electron chi connectivity index (χ2n) is 10.2. The van der Waals surface area contributed by atoms with Gasteiger partial charge in [-0.2, -0.15) is 0 Å². The standard InChI is InChI=1S/C33H31N3O4/c1-22-30(19-36-21-34-28-12-5-6-13-29(28)36)39-33(40-31(22)24-16-14-23(20-37)15-17-24)26-10-7-11-27(18-26)35-32(38)25-8-3-2-4-9-25/h2-18,21-22,30-31,33,37H,19-20H2,1H3,(H,35,38)/t22-,30+,31+,33+/m0/s1. The number of imidazole rings is 1. The van der Waals surface area contributed by atoms with Crippen molar-refractivity contribution in [2.75, 3.05) is 5.32 Å². The van der Waals surface area contributed by atoms with Gasteiger partial charge in [0.25, 0.3) is 5.91 Å². The minimum Gasteiger partial charge on any atom is -0.392 e. The Morgan fingerprint density at radius 2 is 1.68 bits per heavy atom. The average molecular weight is 534 g/mol. The van der Waals surface area contributed by atoms with Gasteiger partial charge in [0.1, 0.15) is 0 Å². The molecule has 0 saturated carbocycles. The third-order valence-corrected chi connectivity index (χ3v) is 7.48. The zero-order chi connectivity index (χ0) is 27.5. The average Bonchev–Trinajstić information content (AvgIpc) is 3.41. The van der Waals surface area contributed by atoms with E-state index in [0.29, 0.717) is 17.8 Å². The van der Waals surface area contributed by atoms with Gasteiger partial charge in [0.15, 0.2) is 6.29 Å². The first kappa shape index (κ1) is 26.0. The number of amides is 1. The maximum absolute atomic E-state index is 12.8. The Balaban J connectivity index is 1.30. The summed E-state index contributed by atoms with van der Waals surface area (Å²) >= 11 is 0.